The van der Waals surface area contributed by atoms with Gasteiger partial charge in [0, 0.05) is 54.9 Å². The zero-order chi connectivity index (χ0) is 20.4. The zero-order valence-corrected chi connectivity index (χ0v) is 16.1. The fourth-order valence-electron chi connectivity index (χ4n) is 3.12. The Morgan fingerprint density at radius 1 is 0.966 bits per heavy atom. The average molecular weight is 385 g/mol. The number of pyridine rings is 2. The number of aryl methyl sites for hydroxylation is 1. The molecule has 29 heavy (non-hydrogen) atoms. The first-order valence-corrected chi connectivity index (χ1v) is 9.12. The maximum Gasteiger partial charge on any atom is 0.269 e. The highest BCUT2D eigenvalue weighted by atomic mass is 16.1. The Kier molecular flexibility index (Phi) is 4.87. The number of hydrogen-bond acceptors (Lipinski definition) is 5. The van der Waals surface area contributed by atoms with Crippen molar-refractivity contribution in [1.29, 1.82) is 0 Å². The summed E-state index contributed by atoms with van der Waals surface area (Å²) in [5.41, 5.74) is 3.50. The molecular formula is C22H19N5O2. The van der Waals surface area contributed by atoms with E-state index >= 15 is 0 Å². The largest absolute Gasteiger partial charge is 0.354 e. The molecule has 3 aromatic heterocycles. The maximum absolute atomic E-state index is 12.6. The second kappa shape index (κ2) is 7.63. The van der Waals surface area contributed by atoms with Crippen molar-refractivity contribution in [3.05, 3.63) is 78.1 Å². The molecular weight excluding hydrogens is 366 g/mol. The molecule has 3 heterocycles. The zero-order valence-electron chi connectivity index (χ0n) is 16.1. The molecule has 0 radical (unpaired) electrons. The molecule has 1 N–H and O–H groups in total. The van der Waals surface area contributed by atoms with Gasteiger partial charge in [-0.3, -0.25) is 24.2 Å². The second-order valence-electron chi connectivity index (χ2n) is 6.75. The van der Waals surface area contributed by atoms with E-state index in [-0.39, 0.29) is 23.8 Å². The summed E-state index contributed by atoms with van der Waals surface area (Å²) in [6, 6.07) is 11.2. The number of nitrogens with zero attached hydrogens (tertiary/aromatic N) is 4. The van der Waals surface area contributed by atoms with E-state index in [1.54, 1.807) is 23.0 Å². The Bertz CT molecular complexity index is 1210. The van der Waals surface area contributed by atoms with E-state index in [9.17, 15) is 9.59 Å². The van der Waals surface area contributed by atoms with E-state index in [1.807, 2.05) is 37.6 Å². The molecule has 144 valence electrons. The normalized spacial score (nSPS) is 10.8. The lowest BCUT2D eigenvalue weighted by Crippen LogP contribution is -2.19. The second-order valence-corrected chi connectivity index (χ2v) is 6.75. The highest BCUT2D eigenvalue weighted by molar-refractivity contribution is 5.98. The lowest BCUT2D eigenvalue weighted by molar-refractivity contribution is 0.0953. The molecule has 7 nitrogen and oxygen atoms in total. The van der Waals surface area contributed by atoms with Crippen LogP contribution < -0.4 is 5.32 Å². The van der Waals surface area contributed by atoms with E-state index in [1.165, 1.54) is 13.2 Å². The summed E-state index contributed by atoms with van der Waals surface area (Å²) in [4.78, 5) is 32.6. The van der Waals surface area contributed by atoms with Gasteiger partial charge in [-0.25, -0.2) is 0 Å². The molecule has 4 aromatic rings. The van der Waals surface area contributed by atoms with Crippen LogP contribution in [0.25, 0.3) is 21.9 Å². The Hall–Kier alpha value is -3.87. The standard InChI is InChI=1S/C22H19N5O2/c1-23-22(29)20-6-5-16(11-25-20)21(28)9-19-8-17-7-14(3-4-15(17)10-24-19)18-12-26-27(2)13-18/h3-8,10-13H,9H2,1-2H3,(H,23,29). The molecule has 1 aromatic carbocycles. The molecule has 0 aliphatic rings. The van der Waals surface area contributed by atoms with Crippen molar-refractivity contribution >= 4 is 22.5 Å². The van der Waals surface area contributed by atoms with Gasteiger partial charge in [0.1, 0.15) is 5.69 Å². The van der Waals surface area contributed by atoms with Crippen LogP contribution in [-0.2, 0) is 13.5 Å². The minimum atomic E-state index is -0.287. The monoisotopic (exact) mass is 385 g/mol. The highest BCUT2D eigenvalue weighted by Crippen LogP contribution is 2.24. The molecule has 0 spiro atoms. The summed E-state index contributed by atoms with van der Waals surface area (Å²) >= 11 is 0. The van der Waals surface area contributed by atoms with Crippen LogP contribution in [0.15, 0.2) is 61.2 Å². The van der Waals surface area contributed by atoms with Gasteiger partial charge in [0.25, 0.3) is 5.91 Å². The third kappa shape index (κ3) is 3.89. The third-order valence-corrected chi connectivity index (χ3v) is 4.70. The molecule has 7 heteroatoms. The number of benzene rings is 1. The molecule has 0 atom stereocenters. The van der Waals surface area contributed by atoms with E-state index in [0.717, 1.165) is 21.9 Å². The molecule has 0 fully saturated rings. The minimum absolute atomic E-state index is 0.101. The Labute approximate surface area is 167 Å². The predicted molar refractivity (Wildman–Crippen MR) is 110 cm³/mol. The predicted octanol–water partition coefficient (Wildman–Crippen LogP) is 2.82. The SMILES string of the molecule is CNC(=O)c1ccc(C(=O)Cc2cc3cc(-c4cnn(C)c4)ccc3cn2)cn1. The number of carbonyl (C=O) groups is 2. The van der Waals surface area contributed by atoms with Crippen molar-refractivity contribution in [2.24, 2.45) is 7.05 Å². The van der Waals surface area contributed by atoms with Crippen LogP contribution in [-0.4, -0.2) is 38.5 Å². The molecule has 0 saturated carbocycles. The molecule has 0 bridgehead atoms. The van der Waals surface area contributed by atoms with Gasteiger partial charge in [-0.15, -0.1) is 0 Å². The molecule has 0 saturated heterocycles. The van der Waals surface area contributed by atoms with Crippen molar-refractivity contribution < 1.29 is 9.59 Å². The fourth-order valence-corrected chi connectivity index (χ4v) is 3.12. The van der Waals surface area contributed by atoms with Gasteiger partial charge >= 0.3 is 0 Å². The number of aromatic nitrogens is 4. The van der Waals surface area contributed by atoms with Crippen molar-refractivity contribution in [3.8, 4) is 11.1 Å². The Balaban J connectivity index is 1.57. The summed E-state index contributed by atoms with van der Waals surface area (Å²) in [6.07, 6.45) is 7.14. The number of carbonyl (C=O) groups excluding carboxylic acids is 2. The highest BCUT2D eigenvalue weighted by Gasteiger charge is 2.12. The van der Waals surface area contributed by atoms with Crippen LogP contribution in [0.3, 0.4) is 0 Å². The molecule has 0 unspecified atom stereocenters. The topological polar surface area (TPSA) is 89.8 Å². The maximum atomic E-state index is 12.6. The average Bonchev–Trinajstić information content (AvgIpc) is 3.19. The van der Waals surface area contributed by atoms with Gasteiger partial charge in [0.15, 0.2) is 5.78 Å². The van der Waals surface area contributed by atoms with Crippen LogP contribution in [0.4, 0.5) is 0 Å². The van der Waals surface area contributed by atoms with Crippen LogP contribution >= 0.6 is 0 Å². The molecule has 4 rings (SSSR count). The van der Waals surface area contributed by atoms with Gasteiger partial charge < -0.3 is 5.32 Å². The number of rotatable bonds is 5. The van der Waals surface area contributed by atoms with Crippen LogP contribution in [0.1, 0.15) is 26.5 Å². The molecule has 1 amide bonds. The number of Topliss-reactive ketones (excluding diaryl/α,β-unsaturated/α-hetero) is 1. The molecule has 0 aliphatic heterocycles. The lowest BCUT2D eigenvalue weighted by atomic mass is 10.0. The number of hydrogen-bond donors (Lipinski definition) is 1. The lowest BCUT2D eigenvalue weighted by Gasteiger charge is -2.05. The van der Waals surface area contributed by atoms with Gasteiger partial charge in [0.05, 0.1) is 12.6 Å². The number of amides is 1. The smallest absolute Gasteiger partial charge is 0.269 e. The van der Waals surface area contributed by atoms with E-state index in [2.05, 4.69) is 26.4 Å². The van der Waals surface area contributed by atoms with Crippen molar-refractivity contribution in [2.75, 3.05) is 7.05 Å². The summed E-state index contributed by atoms with van der Waals surface area (Å²) in [5.74, 6) is -0.388. The first-order valence-electron chi connectivity index (χ1n) is 9.12. The first kappa shape index (κ1) is 18.5. The summed E-state index contributed by atoms with van der Waals surface area (Å²) in [5, 5.41) is 8.73. The Morgan fingerprint density at radius 2 is 1.83 bits per heavy atom. The fraction of sp³-hybridized carbons (Fsp3) is 0.136. The minimum Gasteiger partial charge on any atom is -0.354 e. The van der Waals surface area contributed by atoms with Crippen molar-refractivity contribution in [2.45, 2.75) is 6.42 Å². The van der Waals surface area contributed by atoms with Gasteiger partial charge in [0.2, 0.25) is 0 Å². The van der Waals surface area contributed by atoms with Crippen LogP contribution in [0.2, 0.25) is 0 Å². The van der Waals surface area contributed by atoms with Gasteiger partial charge in [-0.05, 0) is 35.2 Å². The Morgan fingerprint density at radius 3 is 2.52 bits per heavy atom. The summed E-state index contributed by atoms with van der Waals surface area (Å²) in [6.45, 7) is 0. The summed E-state index contributed by atoms with van der Waals surface area (Å²) < 4.78 is 1.76. The quantitative estimate of drug-likeness (QED) is 0.534. The van der Waals surface area contributed by atoms with E-state index < -0.39 is 0 Å². The third-order valence-electron chi connectivity index (χ3n) is 4.70. The number of ketones is 1. The first-order chi connectivity index (χ1) is 14.0. The molecule has 0 aliphatic carbocycles. The summed E-state index contributed by atoms with van der Waals surface area (Å²) in [7, 11) is 3.42. The van der Waals surface area contributed by atoms with Crippen molar-refractivity contribution in [1.82, 2.24) is 25.1 Å². The van der Waals surface area contributed by atoms with Gasteiger partial charge in [-0.1, -0.05) is 12.1 Å². The van der Waals surface area contributed by atoms with Crippen LogP contribution in [0, 0.1) is 0 Å². The van der Waals surface area contributed by atoms with Gasteiger partial charge in [-0.2, -0.15) is 5.10 Å². The number of nitrogens with one attached hydrogen (secondary N) is 1. The van der Waals surface area contributed by atoms with E-state index in [4.69, 9.17) is 0 Å². The van der Waals surface area contributed by atoms with Crippen LogP contribution in [0.5, 0.6) is 0 Å². The van der Waals surface area contributed by atoms with Crippen molar-refractivity contribution in [3.63, 3.8) is 0 Å². The number of fused-ring (bicyclic) bond motifs is 1. The van der Waals surface area contributed by atoms with E-state index in [0.29, 0.717) is 11.3 Å².